The highest BCUT2D eigenvalue weighted by atomic mass is 35.5. The van der Waals surface area contributed by atoms with Crippen molar-refractivity contribution in [3.8, 4) is 5.75 Å². The van der Waals surface area contributed by atoms with Gasteiger partial charge in [0.2, 0.25) is 0 Å². The Hall–Kier alpha value is -2.56. The van der Waals surface area contributed by atoms with E-state index in [2.05, 4.69) is 17.1 Å². The molecule has 1 aromatic heterocycles. The summed E-state index contributed by atoms with van der Waals surface area (Å²) in [5.74, 6) is -0.182. The van der Waals surface area contributed by atoms with Crippen molar-refractivity contribution in [3.63, 3.8) is 0 Å². The van der Waals surface area contributed by atoms with Crippen LogP contribution in [0.1, 0.15) is 47.4 Å². The number of thiazole rings is 1. The first kappa shape index (κ1) is 28.0. The van der Waals surface area contributed by atoms with Crippen LogP contribution in [-0.4, -0.2) is 61.2 Å². The Kier molecular flexibility index (Phi) is 10.6. The number of amides is 1. The molecule has 1 amide bonds. The van der Waals surface area contributed by atoms with E-state index in [1.165, 1.54) is 4.88 Å². The van der Waals surface area contributed by atoms with E-state index in [1.54, 1.807) is 11.3 Å². The van der Waals surface area contributed by atoms with Crippen LogP contribution in [-0.2, 0) is 33.7 Å². The quantitative estimate of drug-likeness (QED) is 0.438. The number of halogens is 1. The maximum absolute atomic E-state index is 12.1. The van der Waals surface area contributed by atoms with Crippen LogP contribution < -0.4 is 15.0 Å². The highest BCUT2D eigenvalue weighted by Crippen LogP contribution is 2.27. The Morgan fingerprint density at radius 1 is 1.22 bits per heavy atom. The molecule has 2 aromatic rings. The Balaban J connectivity index is 0.00000361. The van der Waals surface area contributed by atoms with E-state index >= 15 is 0 Å². The predicted molar refractivity (Wildman–Crippen MR) is 140 cm³/mol. The minimum atomic E-state index is -0.858. The monoisotopic (exact) mass is 539 g/mol. The van der Waals surface area contributed by atoms with Gasteiger partial charge >= 0.3 is 12.1 Å². The van der Waals surface area contributed by atoms with Crippen LogP contribution in [0.25, 0.3) is 0 Å². The third-order valence-electron chi connectivity index (χ3n) is 6.31. The highest BCUT2D eigenvalue weighted by molar-refractivity contribution is 7.15. The summed E-state index contributed by atoms with van der Waals surface area (Å²) in [5, 5.41) is 12.9. The fraction of sp³-hybridized carbons (Fsp3) is 0.560. The molecule has 2 aliphatic rings. The molecule has 0 atom stereocenters. The molecule has 1 aliphatic carbocycles. The maximum atomic E-state index is 12.1. The topological polar surface area (TPSA) is 110 Å². The zero-order valence-electron chi connectivity index (χ0n) is 20.5. The number of carbonyl (C=O) groups excluding carboxylic acids is 1. The summed E-state index contributed by atoms with van der Waals surface area (Å²) in [6.45, 7) is 6.00. The molecule has 9 nitrogen and oxygen atoms in total. The largest absolute Gasteiger partial charge is 0.493 e. The van der Waals surface area contributed by atoms with Gasteiger partial charge in [0.05, 0.1) is 25.5 Å². The van der Waals surface area contributed by atoms with Crippen LogP contribution in [0.3, 0.4) is 0 Å². The molecule has 11 heteroatoms. The van der Waals surface area contributed by atoms with Crippen molar-refractivity contribution in [2.75, 3.05) is 37.8 Å². The summed E-state index contributed by atoms with van der Waals surface area (Å²) in [5.41, 5.74) is 2.73. The van der Waals surface area contributed by atoms with Crippen molar-refractivity contribution in [2.45, 2.75) is 58.1 Å². The molecule has 1 saturated carbocycles. The van der Waals surface area contributed by atoms with Gasteiger partial charge in [0.15, 0.2) is 5.13 Å². The molecular formula is C25H34ClN3O6S. The highest BCUT2D eigenvalue weighted by Gasteiger charge is 2.22. The summed E-state index contributed by atoms with van der Waals surface area (Å²) in [7, 11) is 0. The number of carboxylic acids is 1. The average molecular weight is 540 g/mol. The van der Waals surface area contributed by atoms with Crippen LogP contribution in [0.4, 0.5) is 9.93 Å². The lowest BCUT2D eigenvalue weighted by molar-refractivity contribution is -0.136. The molecule has 0 radical (unpaired) electrons. The first-order valence-corrected chi connectivity index (χ1v) is 13.0. The van der Waals surface area contributed by atoms with Gasteiger partial charge in [-0.3, -0.25) is 4.79 Å². The minimum absolute atomic E-state index is 0. The Bertz CT molecular complexity index is 1020. The van der Waals surface area contributed by atoms with E-state index in [4.69, 9.17) is 24.3 Å². The van der Waals surface area contributed by atoms with Crippen LogP contribution >= 0.6 is 23.7 Å². The zero-order valence-corrected chi connectivity index (χ0v) is 22.1. The minimum Gasteiger partial charge on any atom is -0.493 e. The van der Waals surface area contributed by atoms with Gasteiger partial charge in [0.1, 0.15) is 11.9 Å². The number of rotatable bonds is 11. The molecule has 36 heavy (non-hydrogen) atoms. The zero-order chi connectivity index (χ0) is 24.6. The number of morpholine rings is 1. The lowest BCUT2D eigenvalue weighted by Gasteiger charge is -2.26. The summed E-state index contributed by atoms with van der Waals surface area (Å²) in [4.78, 5) is 31.4. The number of aliphatic carboxylic acids is 1. The SMILES string of the molecule is Cc1sc(N2CCOCC2)nc1CCOc1ccc(CCC(=O)O)c(CNC(=O)OC2CCC2)c1.Cl. The molecule has 1 aliphatic heterocycles. The summed E-state index contributed by atoms with van der Waals surface area (Å²) in [6.07, 6.45) is 3.57. The van der Waals surface area contributed by atoms with Gasteiger partial charge in [-0.2, -0.15) is 0 Å². The molecule has 0 spiro atoms. The molecule has 1 aromatic carbocycles. The summed E-state index contributed by atoms with van der Waals surface area (Å²) in [6, 6.07) is 5.59. The van der Waals surface area contributed by atoms with Gasteiger partial charge in [-0.15, -0.1) is 23.7 Å². The van der Waals surface area contributed by atoms with Crippen molar-refractivity contribution in [1.29, 1.82) is 0 Å². The standard InChI is InChI=1S/C25H33N3O6S.ClH/c1-17-22(27-24(35-17)28-10-13-32-14-11-28)9-12-33-21-7-5-18(6-8-23(29)30)19(15-21)16-26-25(31)34-20-3-2-4-20;/h5,7,15,20H,2-4,6,8-14,16H2,1H3,(H,26,31)(H,29,30);1H. The van der Waals surface area contributed by atoms with E-state index in [0.717, 1.165) is 67.5 Å². The average Bonchev–Trinajstić information content (AvgIpc) is 3.20. The van der Waals surface area contributed by atoms with Gasteiger partial charge in [0.25, 0.3) is 0 Å². The smallest absolute Gasteiger partial charge is 0.407 e. The van der Waals surface area contributed by atoms with Crippen molar-refractivity contribution in [1.82, 2.24) is 10.3 Å². The number of aryl methyl sites for hydroxylation is 2. The number of alkyl carbamates (subject to hydrolysis) is 1. The van der Waals surface area contributed by atoms with E-state index in [-0.39, 0.29) is 31.5 Å². The number of aromatic nitrogens is 1. The van der Waals surface area contributed by atoms with Crippen LogP contribution in [0, 0.1) is 6.92 Å². The van der Waals surface area contributed by atoms with Crippen molar-refractivity contribution < 1.29 is 28.9 Å². The number of benzene rings is 1. The number of hydrogen-bond donors (Lipinski definition) is 2. The molecule has 0 unspecified atom stereocenters. The van der Waals surface area contributed by atoms with Gasteiger partial charge in [-0.05, 0) is 55.9 Å². The molecule has 1 saturated heterocycles. The van der Waals surface area contributed by atoms with Crippen LogP contribution in [0.5, 0.6) is 5.75 Å². The van der Waals surface area contributed by atoms with Crippen LogP contribution in [0.15, 0.2) is 18.2 Å². The number of hydrogen-bond acceptors (Lipinski definition) is 8. The third-order valence-corrected chi connectivity index (χ3v) is 7.38. The molecule has 2 N–H and O–H groups in total. The molecule has 2 fully saturated rings. The lowest BCUT2D eigenvalue weighted by Crippen LogP contribution is -2.36. The second-order valence-electron chi connectivity index (χ2n) is 8.83. The normalized spacial score (nSPS) is 15.5. The van der Waals surface area contributed by atoms with Gasteiger partial charge in [0, 0.05) is 37.4 Å². The Labute approximate surface area is 221 Å². The number of nitrogens with zero attached hydrogens (tertiary/aromatic N) is 2. The second kappa shape index (κ2) is 13.7. The molecular weight excluding hydrogens is 506 g/mol. The van der Waals surface area contributed by atoms with E-state index in [9.17, 15) is 9.59 Å². The Morgan fingerprint density at radius 2 is 2.00 bits per heavy atom. The van der Waals surface area contributed by atoms with E-state index in [0.29, 0.717) is 25.2 Å². The fourth-order valence-electron chi connectivity index (χ4n) is 3.99. The second-order valence-corrected chi connectivity index (χ2v) is 10.0. The molecule has 198 valence electrons. The fourth-order valence-corrected chi connectivity index (χ4v) is 5.00. The predicted octanol–water partition coefficient (Wildman–Crippen LogP) is 4.13. The summed E-state index contributed by atoms with van der Waals surface area (Å²) < 4.78 is 16.8. The summed E-state index contributed by atoms with van der Waals surface area (Å²) >= 11 is 1.70. The third kappa shape index (κ3) is 7.97. The number of ether oxygens (including phenoxy) is 3. The molecule has 4 rings (SSSR count). The van der Waals surface area contributed by atoms with Gasteiger partial charge in [-0.25, -0.2) is 9.78 Å². The number of carbonyl (C=O) groups is 2. The lowest BCUT2D eigenvalue weighted by atomic mass is 9.96. The first-order valence-electron chi connectivity index (χ1n) is 12.2. The number of nitrogens with one attached hydrogen (secondary N) is 1. The van der Waals surface area contributed by atoms with Crippen molar-refractivity contribution >= 4 is 40.9 Å². The van der Waals surface area contributed by atoms with E-state index < -0.39 is 12.1 Å². The first-order chi connectivity index (χ1) is 17.0. The molecule has 0 bridgehead atoms. The number of anilines is 1. The van der Waals surface area contributed by atoms with Gasteiger partial charge in [-0.1, -0.05) is 6.07 Å². The van der Waals surface area contributed by atoms with E-state index in [1.807, 2.05) is 18.2 Å². The van der Waals surface area contributed by atoms with Crippen LogP contribution in [0.2, 0.25) is 0 Å². The van der Waals surface area contributed by atoms with Gasteiger partial charge < -0.3 is 29.5 Å². The van der Waals surface area contributed by atoms with Crippen molar-refractivity contribution in [2.24, 2.45) is 0 Å². The maximum Gasteiger partial charge on any atom is 0.407 e. The Morgan fingerprint density at radius 3 is 2.69 bits per heavy atom. The number of carboxylic acid groups (broad SMARTS) is 1. The van der Waals surface area contributed by atoms with Crippen molar-refractivity contribution in [3.05, 3.63) is 39.9 Å². The molecule has 2 heterocycles.